The van der Waals surface area contributed by atoms with E-state index in [0.717, 1.165) is 17.1 Å². The van der Waals surface area contributed by atoms with E-state index in [2.05, 4.69) is 5.32 Å². The fourth-order valence-electron chi connectivity index (χ4n) is 1.51. The summed E-state index contributed by atoms with van der Waals surface area (Å²) in [6.07, 6.45) is 0.548. The first-order chi connectivity index (χ1) is 8.17. The molecular weight excluding hydrogens is 218 g/mol. The second-order valence-corrected chi connectivity index (χ2v) is 3.81. The predicted octanol–water partition coefficient (Wildman–Crippen LogP) is 1.77. The van der Waals surface area contributed by atoms with Crippen molar-refractivity contribution in [2.75, 3.05) is 20.8 Å². The monoisotopic (exact) mass is 237 g/mol. The number of rotatable bonds is 7. The average molecular weight is 237 g/mol. The van der Waals surface area contributed by atoms with Crippen molar-refractivity contribution >= 4 is 5.78 Å². The number of hydrogen-bond acceptors (Lipinski definition) is 4. The van der Waals surface area contributed by atoms with E-state index in [1.807, 2.05) is 18.2 Å². The van der Waals surface area contributed by atoms with Crippen molar-refractivity contribution in [1.29, 1.82) is 0 Å². The summed E-state index contributed by atoms with van der Waals surface area (Å²) in [6.45, 7) is 2.93. The topological polar surface area (TPSA) is 47.6 Å². The molecule has 1 rings (SSSR count). The molecule has 4 nitrogen and oxygen atoms in total. The number of hydrogen-bond donors (Lipinski definition) is 1. The molecule has 0 aliphatic heterocycles. The molecule has 0 atom stereocenters. The largest absolute Gasteiger partial charge is 0.497 e. The van der Waals surface area contributed by atoms with Gasteiger partial charge in [-0.2, -0.15) is 0 Å². The Morgan fingerprint density at radius 2 is 2.06 bits per heavy atom. The van der Waals surface area contributed by atoms with Gasteiger partial charge in [0.1, 0.15) is 17.3 Å². The molecular formula is C13H19NO3. The summed E-state index contributed by atoms with van der Waals surface area (Å²) in [5.74, 6) is 1.81. The number of ketones is 1. The van der Waals surface area contributed by atoms with Crippen LogP contribution >= 0.6 is 0 Å². The lowest BCUT2D eigenvalue weighted by Crippen LogP contribution is -2.17. The molecule has 0 bridgehead atoms. The lowest BCUT2D eigenvalue weighted by atomic mass is 10.2. The first-order valence-electron chi connectivity index (χ1n) is 5.58. The van der Waals surface area contributed by atoms with E-state index in [1.54, 1.807) is 21.1 Å². The number of nitrogens with one attached hydrogen (secondary N) is 1. The maximum atomic E-state index is 10.8. The normalized spacial score (nSPS) is 10.1. The average Bonchev–Trinajstić information content (AvgIpc) is 2.34. The zero-order chi connectivity index (χ0) is 12.7. The lowest BCUT2D eigenvalue weighted by Gasteiger charge is -2.11. The van der Waals surface area contributed by atoms with Crippen LogP contribution in [0.4, 0.5) is 0 Å². The van der Waals surface area contributed by atoms with Gasteiger partial charge in [-0.3, -0.25) is 4.79 Å². The maximum absolute atomic E-state index is 10.8. The van der Waals surface area contributed by atoms with Crippen LogP contribution in [-0.2, 0) is 11.3 Å². The summed E-state index contributed by atoms with van der Waals surface area (Å²) < 4.78 is 10.4. The molecule has 1 aromatic rings. The highest BCUT2D eigenvalue weighted by Crippen LogP contribution is 2.23. The smallest absolute Gasteiger partial charge is 0.131 e. The van der Waals surface area contributed by atoms with Crippen LogP contribution in [0.2, 0.25) is 0 Å². The number of methoxy groups -OCH3 is 2. The molecule has 1 N–H and O–H groups in total. The van der Waals surface area contributed by atoms with Crippen LogP contribution in [0, 0.1) is 0 Å². The second kappa shape index (κ2) is 6.91. The molecule has 0 spiro atoms. The fraction of sp³-hybridized carbons (Fsp3) is 0.462. The van der Waals surface area contributed by atoms with Gasteiger partial charge in [-0.05, 0) is 25.1 Å². The van der Waals surface area contributed by atoms with Crippen molar-refractivity contribution in [1.82, 2.24) is 5.32 Å². The van der Waals surface area contributed by atoms with E-state index in [1.165, 1.54) is 0 Å². The van der Waals surface area contributed by atoms with Crippen LogP contribution in [0.25, 0.3) is 0 Å². The van der Waals surface area contributed by atoms with Crippen LogP contribution in [0.15, 0.2) is 18.2 Å². The van der Waals surface area contributed by atoms with Gasteiger partial charge in [-0.1, -0.05) is 0 Å². The Labute approximate surface area is 102 Å². The van der Waals surface area contributed by atoms with E-state index >= 15 is 0 Å². The highest BCUT2D eigenvalue weighted by Gasteiger charge is 2.04. The van der Waals surface area contributed by atoms with Crippen molar-refractivity contribution < 1.29 is 14.3 Å². The number of carbonyl (C=O) groups excluding carboxylic acids is 1. The van der Waals surface area contributed by atoms with Crippen molar-refractivity contribution in [2.45, 2.75) is 19.9 Å². The number of benzene rings is 1. The molecule has 4 heteroatoms. The Bertz CT molecular complexity index is 377. The maximum Gasteiger partial charge on any atom is 0.131 e. The Balaban J connectivity index is 2.58. The predicted molar refractivity (Wildman–Crippen MR) is 66.6 cm³/mol. The molecule has 0 saturated carbocycles. The number of Topliss-reactive ketones (excluding diaryl/α,β-unsaturated/α-hetero) is 1. The van der Waals surface area contributed by atoms with E-state index in [-0.39, 0.29) is 5.78 Å². The van der Waals surface area contributed by atoms with Crippen molar-refractivity contribution in [3.8, 4) is 11.5 Å². The van der Waals surface area contributed by atoms with E-state index in [0.29, 0.717) is 19.5 Å². The Kier molecular flexibility index (Phi) is 5.49. The molecule has 0 radical (unpaired) electrons. The standard InChI is InChI=1S/C13H19NO3/c1-10(15)6-7-14-9-11-8-12(16-2)4-5-13(11)17-3/h4-5,8,14H,6-7,9H2,1-3H3. The minimum atomic E-state index is 0.190. The van der Waals surface area contributed by atoms with Gasteiger partial charge in [0.2, 0.25) is 0 Å². The van der Waals surface area contributed by atoms with Crippen molar-refractivity contribution in [2.24, 2.45) is 0 Å². The SMILES string of the molecule is COc1ccc(OC)c(CNCCC(C)=O)c1. The molecule has 0 unspecified atom stereocenters. The third-order valence-corrected chi connectivity index (χ3v) is 2.46. The molecule has 0 saturated heterocycles. The van der Waals surface area contributed by atoms with Gasteiger partial charge in [0.15, 0.2) is 0 Å². The van der Waals surface area contributed by atoms with Crippen molar-refractivity contribution in [3.63, 3.8) is 0 Å². The number of ether oxygens (including phenoxy) is 2. The molecule has 0 fully saturated rings. The molecule has 94 valence electrons. The third-order valence-electron chi connectivity index (χ3n) is 2.46. The molecule has 0 heterocycles. The summed E-state index contributed by atoms with van der Waals surface area (Å²) in [6, 6.07) is 5.67. The van der Waals surface area contributed by atoms with Gasteiger partial charge in [0, 0.05) is 25.1 Å². The summed E-state index contributed by atoms with van der Waals surface area (Å²) in [5.41, 5.74) is 1.02. The van der Waals surface area contributed by atoms with Crippen LogP contribution < -0.4 is 14.8 Å². The highest BCUT2D eigenvalue weighted by atomic mass is 16.5. The summed E-state index contributed by atoms with van der Waals surface area (Å²) >= 11 is 0. The molecule has 0 aliphatic carbocycles. The molecule has 0 aromatic heterocycles. The highest BCUT2D eigenvalue weighted by molar-refractivity contribution is 5.75. The minimum Gasteiger partial charge on any atom is -0.497 e. The van der Waals surface area contributed by atoms with Crippen molar-refractivity contribution in [3.05, 3.63) is 23.8 Å². The van der Waals surface area contributed by atoms with E-state index in [4.69, 9.17) is 9.47 Å². The van der Waals surface area contributed by atoms with Gasteiger partial charge in [-0.15, -0.1) is 0 Å². The number of carbonyl (C=O) groups is 1. The first-order valence-corrected chi connectivity index (χ1v) is 5.58. The first kappa shape index (κ1) is 13.5. The van der Waals surface area contributed by atoms with Gasteiger partial charge >= 0.3 is 0 Å². The van der Waals surface area contributed by atoms with Gasteiger partial charge in [0.25, 0.3) is 0 Å². The molecule has 0 aliphatic rings. The minimum absolute atomic E-state index is 0.190. The second-order valence-electron chi connectivity index (χ2n) is 3.81. The van der Waals surface area contributed by atoms with Gasteiger partial charge in [0.05, 0.1) is 14.2 Å². The Hall–Kier alpha value is -1.55. The van der Waals surface area contributed by atoms with Gasteiger partial charge < -0.3 is 14.8 Å². The summed E-state index contributed by atoms with van der Waals surface area (Å²) in [4.78, 5) is 10.8. The Morgan fingerprint density at radius 3 is 2.65 bits per heavy atom. The molecule has 1 aromatic carbocycles. The van der Waals surface area contributed by atoms with Crippen LogP contribution in [-0.4, -0.2) is 26.5 Å². The zero-order valence-corrected chi connectivity index (χ0v) is 10.6. The van der Waals surface area contributed by atoms with Crippen LogP contribution in [0.5, 0.6) is 11.5 Å². The zero-order valence-electron chi connectivity index (χ0n) is 10.6. The van der Waals surface area contributed by atoms with Crippen LogP contribution in [0.3, 0.4) is 0 Å². The molecule has 17 heavy (non-hydrogen) atoms. The van der Waals surface area contributed by atoms with E-state index < -0.39 is 0 Å². The summed E-state index contributed by atoms with van der Waals surface area (Å²) in [7, 11) is 3.27. The molecule has 0 amide bonds. The summed E-state index contributed by atoms with van der Waals surface area (Å²) in [5, 5.41) is 3.20. The fourth-order valence-corrected chi connectivity index (χ4v) is 1.51. The Morgan fingerprint density at radius 1 is 1.29 bits per heavy atom. The van der Waals surface area contributed by atoms with Gasteiger partial charge in [-0.25, -0.2) is 0 Å². The lowest BCUT2D eigenvalue weighted by molar-refractivity contribution is -0.116. The third kappa shape index (κ3) is 4.44. The van der Waals surface area contributed by atoms with E-state index in [9.17, 15) is 4.79 Å². The quantitative estimate of drug-likeness (QED) is 0.734. The van der Waals surface area contributed by atoms with Crippen LogP contribution in [0.1, 0.15) is 18.9 Å².